The van der Waals surface area contributed by atoms with Gasteiger partial charge in [-0.15, -0.1) is 0 Å². The van der Waals surface area contributed by atoms with Crippen molar-refractivity contribution in [1.82, 2.24) is 4.72 Å². The molecule has 1 aliphatic carbocycles. The molecule has 0 unspecified atom stereocenters. The highest BCUT2D eigenvalue weighted by molar-refractivity contribution is 7.90. The van der Waals surface area contributed by atoms with Crippen molar-refractivity contribution >= 4 is 15.7 Å². The summed E-state index contributed by atoms with van der Waals surface area (Å²) in [6, 6.07) is 8.95. The van der Waals surface area contributed by atoms with Crippen LogP contribution in [0.5, 0.6) is 0 Å². The lowest BCUT2D eigenvalue weighted by Crippen LogP contribution is -2.46. The number of ether oxygens (including phenoxy) is 1. The molecule has 0 aromatic heterocycles. The van der Waals surface area contributed by atoms with Gasteiger partial charge in [0.05, 0.1) is 4.75 Å². The molecule has 2 fully saturated rings. The minimum Gasteiger partial charge on any atom is -0.385 e. The van der Waals surface area contributed by atoms with Crippen molar-refractivity contribution in [1.29, 1.82) is 0 Å². The Hall–Kier alpha value is -1.11. The van der Waals surface area contributed by atoms with Crippen LogP contribution in [0.25, 0.3) is 0 Å². The normalized spacial score (nSPS) is 24.8. The molecule has 0 amide bonds. The van der Waals surface area contributed by atoms with Crippen LogP contribution in [0.1, 0.15) is 70.8 Å². The van der Waals surface area contributed by atoms with E-state index in [2.05, 4.69) is 34.3 Å². The van der Waals surface area contributed by atoms with Crippen LogP contribution in [0, 0.1) is 5.92 Å². The molecule has 1 aliphatic heterocycles. The zero-order chi connectivity index (χ0) is 20.2. The summed E-state index contributed by atoms with van der Waals surface area (Å²) in [5.74, 6) is 1.24. The lowest BCUT2D eigenvalue weighted by molar-refractivity contribution is 0.0853. The third-order valence-electron chi connectivity index (χ3n) is 6.17. The van der Waals surface area contributed by atoms with E-state index in [1.165, 1.54) is 11.3 Å². The van der Waals surface area contributed by atoms with Gasteiger partial charge in [0.15, 0.2) is 0 Å². The zero-order valence-corrected chi connectivity index (χ0v) is 18.4. The van der Waals surface area contributed by atoms with Crippen molar-refractivity contribution in [2.75, 3.05) is 25.1 Å². The van der Waals surface area contributed by atoms with Gasteiger partial charge in [-0.2, -0.15) is 0 Å². The van der Waals surface area contributed by atoms with Crippen LogP contribution in [0.4, 0.5) is 5.69 Å². The van der Waals surface area contributed by atoms with E-state index in [4.69, 9.17) is 4.74 Å². The number of hydrogen-bond donors (Lipinski definition) is 2. The van der Waals surface area contributed by atoms with Crippen LogP contribution < -0.4 is 10.0 Å². The van der Waals surface area contributed by atoms with Crippen LogP contribution in [0.3, 0.4) is 0 Å². The molecule has 1 aromatic rings. The summed E-state index contributed by atoms with van der Waals surface area (Å²) in [6.07, 6.45) is 6.20. The van der Waals surface area contributed by atoms with Crippen molar-refractivity contribution in [3.8, 4) is 0 Å². The van der Waals surface area contributed by atoms with Gasteiger partial charge in [0.25, 0.3) is 0 Å². The molecule has 1 heterocycles. The molecule has 28 heavy (non-hydrogen) atoms. The summed E-state index contributed by atoms with van der Waals surface area (Å²) in [5.41, 5.74) is 2.59. The van der Waals surface area contributed by atoms with Gasteiger partial charge in [0, 0.05) is 31.5 Å². The highest BCUT2D eigenvalue weighted by atomic mass is 32.2. The first kappa shape index (κ1) is 21.6. The van der Waals surface area contributed by atoms with E-state index in [1.807, 2.05) is 0 Å². The Balaban J connectivity index is 1.42. The molecule has 1 saturated carbocycles. The van der Waals surface area contributed by atoms with E-state index < -0.39 is 14.8 Å². The molecular formula is C22H36N2O3S. The first-order valence-electron chi connectivity index (χ1n) is 10.7. The van der Waals surface area contributed by atoms with Crippen molar-refractivity contribution < 1.29 is 13.2 Å². The second kappa shape index (κ2) is 9.14. The predicted molar refractivity (Wildman–Crippen MR) is 115 cm³/mol. The van der Waals surface area contributed by atoms with Crippen LogP contribution in [0.2, 0.25) is 0 Å². The predicted octanol–water partition coefficient (Wildman–Crippen LogP) is 4.27. The summed E-state index contributed by atoms with van der Waals surface area (Å²) in [7, 11) is -3.26. The molecule has 5 nitrogen and oxygen atoms in total. The molecule has 6 heteroatoms. The highest BCUT2D eigenvalue weighted by Crippen LogP contribution is 2.29. The fraction of sp³-hybridized carbons (Fsp3) is 0.727. The number of benzene rings is 1. The second-order valence-electron chi connectivity index (χ2n) is 9.34. The Morgan fingerprint density at radius 2 is 1.57 bits per heavy atom. The van der Waals surface area contributed by atoms with Gasteiger partial charge in [-0.25, -0.2) is 13.1 Å². The van der Waals surface area contributed by atoms with E-state index in [0.717, 1.165) is 58.3 Å². The van der Waals surface area contributed by atoms with Gasteiger partial charge in [-0.3, -0.25) is 0 Å². The minimum absolute atomic E-state index is 0.0826. The SMILES string of the molecule is CC(C)(C)S(=O)(=O)N[C@H]1CC[C@H](CNc2ccc(C3CCOCC3)cc2)CC1. The summed E-state index contributed by atoms with van der Waals surface area (Å²) >= 11 is 0. The Bertz CT molecular complexity index is 711. The van der Waals surface area contributed by atoms with Gasteiger partial charge in [0.2, 0.25) is 10.0 Å². The Morgan fingerprint density at radius 1 is 0.964 bits per heavy atom. The maximum absolute atomic E-state index is 12.3. The van der Waals surface area contributed by atoms with Crippen molar-refractivity contribution in [2.24, 2.45) is 5.92 Å². The number of rotatable bonds is 6. The Labute approximate surface area is 170 Å². The lowest BCUT2D eigenvalue weighted by Gasteiger charge is -2.31. The van der Waals surface area contributed by atoms with Crippen LogP contribution >= 0.6 is 0 Å². The fourth-order valence-electron chi connectivity index (χ4n) is 4.05. The summed E-state index contributed by atoms with van der Waals surface area (Å²) < 4.78 is 32.3. The van der Waals surface area contributed by atoms with Gasteiger partial charge in [-0.05, 0) is 88.8 Å². The van der Waals surface area contributed by atoms with Gasteiger partial charge >= 0.3 is 0 Å². The highest BCUT2D eigenvalue weighted by Gasteiger charge is 2.32. The summed E-state index contributed by atoms with van der Waals surface area (Å²) in [4.78, 5) is 0. The number of hydrogen-bond acceptors (Lipinski definition) is 4. The Kier molecular flexibility index (Phi) is 7.05. The van der Waals surface area contributed by atoms with Crippen molar-refractivity contribution in [3.05, 3.63) is 29.8 Å². The molecule has 158 valence electrons. The molecule has 1 aromatic carbocycles. The molecule has 2 N–H and O–H groups in total. The maximum atomic E-state index is 12.3. The van der Waals surface area contributed by atoms with E-state index >= 15 is 0 Å². The standard InChI is InChI=1S/C22H36N2O3S/c1-22(2,3)28(25,26)24-21-8-4-17(5-9-21)16-23-20-10-6-18(7-11-20)19-12-14-27-15-13-19/h6-7,10-11,17,19,21,23-24H,4-5,8-9,12-16H2,1-3H3/t17-,21-. The van der Waals surface area contributed by atoms with Gasteiger partial charge in [-0.1, -0.05) is 12.1 Å². The van der Waals surface area contributed by atoms with Gasteiger partial charge < -0.3 is 10.1 Å². The number of nitrogens with one attached hydrogen (secondary N) is 2. The average Bonchev–Trinajstić information content (AvgIpc) is 2.67. The van der Waals surface area contributed by atoms with E-state index in [1.54, 1.807) is 20.8 Å². The fourth-order valence-corrected chi connectivity index (χ4v) is 5.07. The second-order valence-corrected chi connectivity index (χ2v) is 11.8. The average molecular weight is 409 g/mol. The lowest BCUT2D eigenvalue weighted by atomic mass is 9.86. The van der Waals surface area contributed by atoms with Crippen LogP contribution in [-0.2, 0) is 14.8 Å². The third kappa shape index (κ3) is 5.71. The first-order valence-corrected chi connectivity index (χ1v) is 12.2. The zero-order valence-electron chi connectivity index (χ0n) is 17.5. The van der Waals surface area contributed by atoms with Gasteiger partial charge in [0.1, 0.15) is 0 Å². The molecule has 0 radical (unpaired) electrons. The minimum atomic E-state index is -3.26. The molecule has 1 saturated heterocycles. The van der Waals surface area contributed by atoms with E-state index in [-0.39, 0.29) is 6.04 Å². The smallest absolute Gasteiger partial charge is 0.216 e. The maximum Gasteiger partial charge on any atom is 0.216 e. The molecule has 2 aliphatic rings. The summed E-state index contributed by atoms with van der Waals surface area (Å²) in [6.45, 7) is 7.95. The van der Waals surface area contributed by atoms with Crippen molar-refractivity contribution in [2.45, 2.75) is 76.0 Å². The Morgan fingerprint density at radius 3 is 2.14 bits per heavy atom. The molecule has 0 bridgehead atoms. The largest absolute Gasteiger partial charge is 0.385 e. The topological polar surface area (TPSA) is 67.4 Å². The van der Waals surface area contributed by atoms with E-state index in [0.29, 0.717) is 11.8 Å². The summed E-state index contributed by atoms with van der Waals surface area (Å²) in [5, 5.41) is 3.57. The van der Waals surface area contributed by atoms with Crippen molar-refractivity contribution in [3.63, 3.8) is 0 Å². The number of sulfonamides is 1. The molecule has 0 atom stereocenters. The van der Waals surface area contributed by atoms with Crippen LogP contribution in [0.15, 0.2) is 24.3 Å². The third-order valence-corrected chi connectivity index (χ3v) is 8.43. The molecule has 0 spiro atoms. The molecule has 3 rings (SSSR count). The monoisotopic (exact) mass is 408 g/mol. The quantitative estimate of drug-likeness (QED) is 0.738. The van der Waals surface area contributed by atoms with Crippen LogP contribution in [-0.4, -0.2) is 39.0 Å². The van der Waals surface area contributed by atoms with E-state index in [9.17, 15) is 8.42 Å². The molecular weight excluding hydrogens is 372 g/mol. The number of anilines is 1. The first-order chi connectivity index (χ1) is 13.2.